The van der Waals surface area contributed by atoms with Gasteiger partial charge in [0.25, 0.3) is 0 Å². The van der Waals surface area contributed by atoms with Gasteiger partial charge in [-0.25, -0.2) is 9.78 Å². The van der Waals surface area contributed by atoms with Gasteiger partial charge in [0.2, 0.25) is 0 Å². The van der Waals surface area contributed by atoms with Gasteiger partial charge in [-0.2, -0.15) is 12.6 Å². The highest BCUT2D eigenvalue weighted by atomic mass is 32.1. The zero-order valence-corrected chi connectivity index (χ0v) is 10.5. The van der Waals surface area contributed by atoms with E-state index in [1.165, 1.54) is 0 Å². The number of hydrogen-bond donors (Lipinski definition) is 3. The first-order valence-corrected chi connectivity index (χ1v) is 5.64. The Kier molecular flexibility index (Phi) is 4.23. The van der Waals surface area contributed by atoms with Crippen LogP contribution in [0.1, 0.15) is 32.5 Å². The van der Waals surface area contributed by atoms with Gasteiger partial charge in [-0.15, -0.1) is 0 Å². The fourth-order valence-electron chi connectivity index (χ4n) is 1.13. The summed E-state index contributed by atoms with van der Waals surface area (Å²) in [5, 5.41) is 2.72. The summed E-state index contributed by atoms with van der Waals surface area (Å²) < 4.78 is 5.15. The molecule has 5 nitrogen and oxygen atoms in total. The number of aromatic amines is 1. The van der Waals surface area contributed by atoms with Crippen LogP contribution >= 0.6 is 12.6 Å². The number of rotatable bonds is 3. The third-order valence-corrected chi connectivity index (χ3v) is 2.13. The summed E-state index contributed by atoms with van der Waals surface area (Å²) in [5.74, 6) is 0.474. The van der Waals surface area contributed by atoms with Crippen molar-refractivity contribution < 1.29 is 9.53 Å². The van der Waals surface area contributed by atoms with Crippen LogP contribution in [-0.2, 0) is 4.74 Å². The second-order valence-electron chi connectivity index (χ2n) is 4.39. The normalized spacial score (nSPS) is 13.2. The van der Waals surface area contributed by atoms with Gasteiger partial charge in [0.1, 0.15) is 5.60 Å². The average molecular weight is 243 g/mol. The Morgan fingerprint density at radius 3 is 2.81 bits per heavy atom. The molecule has 1 atom stereocenters. The van der Waals surface area contributed by atoms with Crippen LogP contribution < -0.4 is 5.32 Å². The predicted molar refractivity (Wildman–Crippen MR) is 64.6 cm³/mol. The molecule has 16 heavy (non-hydrogen) atoms. The number of carbonyl (C=O) groups is 1. The van der Waals surface area contributed by atoms with Crippen molar-refractivity contribution >= 4 is 18.7 Å². The monoisotopic (exact) mass is 243 g/mol. The molecule has 0 aliphatic carbocycles. The van der Waals surface area contributed by atoms with Crippen molar-refractivity contribution in [2.24, 2.45) is 0 Å². The Labute approximate surface area is 100 Å². The minimum atomic E-state index is -0.501. The van der Waals surface area contributed by atoms with Crippen LogP contribution in [-0.4, -0.2) is 27.4 Å². The molecule has 1 aromatic heterocycles. The lowest BCUT2D eigenvalue weighted by Gasteiger charge is -2.22. The number of aromatic nitrogens is 2. The Morgan fingerprint density at radius 1 is 1.69 bits per heavy atom. The summed E-state index contributed by atoms with van der Waals surface area (Å²) in [5.41, 5.74) is 0.306. The van der Waals surface area contributed by atoms with E-state index < -0.39 is 11.7 Å². The van der Waals surface area contributed by atoms with Crippen LogP contribution in [0.5, 0.6) is 0 Å². The molecule has 0 aliphatic heterocycles. The number of nitrogens with zero attached hydrogens (tertiary/aromatic N) is 1. The minimum absolute atomic E-state index is 0.222. The van der Waals surface area contributed by atoms with Crippen LogP contribution in [0.25, 0.3) is 0 Å². The van der Waals surface area contributed by atoms with Crippen molar-refractivity contribution in [1.29, 1.82) is 0 Å². The molecule has 0 aliphatic rings. The van der Waals surface area contributed by atoms with Gasteiger partial charge in [-0.3, -0.25) is 0 Å². The van der Waals surface area contributed by atoms with Crippen molar-refractivity contribution in [3.63, 3.8) is 0 Å². The third-order valence-electron chi connectivity index (χ3n) is 1.77. The molecular formula is C10H17N3O2S. The Bertz CT molecular complexity index is 332. The summed E-state index contributed by atoms with van der Waals surface area (Å²) in [6.45, 7) is 5.45. The van der Waals surface area contributed by atoms with Gasteiger partial charge in [0, 0.05) is 5.75 Å². The van der Waals surface area contributed by atoms with E-state index in [9.17, 15) is 4.79 Å². The second kappa shape index (κ2) is 5.25. The maximum absolute atomic E-state index is 11.5. The minimum Gasteiger partial charge on any atom is -0.444 e. The largest absolute Gasteiger partial charge is 0.444 e. The maximum atomic E-state index is 11.5. The van der Waals surface area contributed by atoms with Crippen LogP contribution in [0.3, 0.4) is 0 Å². The SMILES string of the molecule is CC(C)(C)OC(=O)N[C@H](CS)c1cnc[nH]1. The fourth-order valence-corrected chi connectivity index (χ4v) is 1.42. The van der Waals surface area contributed by atoms with E-state index in [0.717, 1.165) is 5.69 Å². The van der Waals surface area contributed by atoms with E-state index in [1.807, 2.05) is 20.8 Å². The molecule has 0 saturated carbocycles. The highest BCUT2D eigenvalue weighted by Crippen LogP contribution is 2.13. The molecule has 1 aromatic rings. The van der Waals surface area contributed by atoms with E-state index in [0.29, 0.717) is 5.75 Å². The van der Waals surface area contributed by atoms with Crippen molar-refractivity contribution in [2.45, 2.75) is 32.4 Å². The zero-order valence-electron chi connectivity index (χ0n) is 9.65. The molecule has 0 spiro atoms. The van der Waals surface area contributed by atoms with E-state index in [2.05, 4.69) is 27.9 Å². The van der Waals surface area contributed by atoms with Crippen molar-refractivity contribution in [1.82, 2.24) is 15.3 Å². The predicted octanol–water partition coefficient (Wildman–Crippen LogP) is 1.91. The molecule has 1 heterocycles. The number of ether oxygens (including phenoxy) is 1. The number of hydrogen-bond acceptors (Lipinski definition) is 4. The smallest absolute Gasteiger partial charge is 0.408 e. The molecule has 6 heteroatoms. The Balaban J connectivity index is 2.55. The van der Waals surface area contributed by atoms with Crippen molar-refractivity contribution in [3.8, 4) is 0 Å². The second-order valence-corrected chi connectivity index (χ2v) is 4.75. The standard InChI is InChI=1S/C10H17N3O2S/c1-10(2,3)15-9(14)13-8(5-16)7-4-11-6-12-7/h4,6,8,16H,5H2,1-3H3,(H,11,12)(H,13,14)/t8-/m1/s1. The Morgan fingerprint density at radius 2 is 2.38 bits per heavy atom. The van der Waals surface area contributed by atoms with Gasteiger partial charge >= 0.3 is 6.09 Å². The topological polar surface area (TPSA) is 67.0 Å². The molecule has 0 aromatic carbocycles. The van der Waals surface area contributed by atoms with Crippen molar-refractivity contribution in [3.05, 3.63) is 18.2 Å². The van der Waals surface area contributed by atoms with Crippen LogP contribution in [0, 0.1) is 0 Å². The van der Waals surface area contributed by atoms with E-state index in [-0.39, 0.29) is 6.04 Å². The highest BCUT2D eigenvalue weighted by molar-refractivity contribution is 7.80. The molecule has 1 rings (SSSR count). The number of carbonyl (C=O) groups excluding carboxylic acids is 1. The van der Waals surface area contributed by atoms with Gasteiger partial charge in [-0.1, -0.05) is 0 Å². The summed E-state index contributed by atoms with van der Waals surface area (Å²) >= 11 is 4.17. The number of nitrogens with one attached hydrogen (secondary N) is 2. The van der Waals surface area contributed by atoms with Gasteiger partial charge < -0.3 is 15.0 Å². The van der Waals surface area contributed by atoms with Crippen molar-refractivity contribution in [2.75, 3.05) is 5.75 Å². The van der Waals surface area contributed by atoms with E-state index >= 15 is 0 Å². The molecule has 0 unspecified atom stereocenters. The van der Waals surface area contributed by atoms with Crippen LogP contribution in [0.15, 0.2) is 12.5 Å². The van der Waals surface area contributed by atoms with Gasteiger partial charge in [0.15, 0.2) is 0 Å². The summed E-state index contributed by atoms with van der Waals surface area (Å²) in [6.07, 6.45) is 2.75. The molecule has 0 fully saturated rings. The van der Waals surface area contributed by atoms with E-state index in [1.54, 1.807) is 12.5 Å². The lowest BCUT2D eigenvalue weighted by molar-refractivity contribution is 0.0508. The van der Waals surface area contributed by atoms with Crippen LogP contribution in [0.4, 0.5) is 4.79 Å². The third kappa shape index (κ3) is 4.14. The number of thiol groups is 1. The molecule has 1 amide bonds. The molecule has 90 valence electrons. The molecule has 0 bridgehead atoms. The number of H-pyrrole nitrogens is 1. The maximum Gasteiger partial charge on any atom is 0.408 e. The first-order valence-electron chi connectivity index (χ1n) is 5.01. The first-order chi connectivity index (χ1) is 7.42. The summed E-state index contributed by atoms with van der Waals surface area (Å²) in [6, 6.07) is -0.222. The molecule has 0 radical (unpaired) electrons. The lowest BCUT2D eigenvalue weighted by atomic mass is 10.2. The van der Waals surface area contributed by atoms with Gasteiger partial charge in [0.05, 0.1) is 24.3 Å². The van der Waals surface area contributed by atoms with E-state index in [4.69, 9.17) is 4.74 Å². The number of alkyl carbamates (subject to hydrolysis) is 1. The number of imidazole rings is 1. The number of amides is 1. The zero-order chi connectivity index (χ0) is 12.2. The first kappa shape index (κ1) is 12.9. The fraction of sp³-hybridized carbons (Fsp3) is 0.600. The van der Waals surface area contributed by atoms with Crippen LogP contribution in [0.2, 0.25) is 0 Å². The lowest BCUT2D eigenvalue weighted by Crippen LogP contribution is -2.35. The highest BCUT2D eigenvalue weighted by Gasteiger charge is 2.20. The molecular weight excluding hydrogens is 226 g/mol. The molecule has 0 saturated heterocycles. The average Bonchev–Trinajstić information content (AvgIpc) is 2.63. The van der Waals surface area contributed by atoms with Gasteiger partial charge in [-0.05, 0) is 20.8 Å². The summed E-state index contributed by atoms with van der Waals surface area (Å²) in [7, 11) is 0. The Hall–Kier alpha value is -1.17. The summed E-state index contributed by atoms with van der Waals surface area (Å²) in [4.78, 5) is 18.3. The molecule has 2 N–H and O–H groups in total. The quantitative estimate of drug-likeness (QED) is 0.710.